The van der Waals surface area contributed by atoms with Gasteiger partial charge in [0.2, 0.25) is 0 Å². The summed E-state index contributed by atoms with van der Waals surface area (Å²) in [7, 11) is 0. The first-order valence-corrected chi connectivity index (χ1v) is 9.52. The molecule has 0 spiro atoms. The van der Waals surface area contributed by atoms with Crippen LogP contribution < -0.4 is 20.4 Å². The number of hydrogen-bond donors (Lipinski definition) is 3. The Morgan fingerprint density at radius 2 is 2.10 bits per heavy atom. The van der Waals surface area contributed by atoms with E-state index in [1.807, 2.05) is 4.90 Å². The van der Waals surface area contributed by atoms with Crippen molar-refractivity contribution < 1.29 is 27.9 Å². The fourth-order valence-corrected chi connectivity index (χ4v) is 3.68. The molecule has 1 unspecified atom stereocenters. The Morgan fingerprint density at radius 1 is 1.29 bits per heavy atom. The number of pyridine rings is 2. The first kappa shape index (κ1) is 20.8. The van der Waals surface area contributed by atoms with Crippen LogP contribution in [0.5, 0.6) is 0 Å². The van der Waals surface area contributed by atoms with Gasteiger partial charge in [-0.25, -0.2) is 9.78 Å². The molecule has 2 aliphatic heterocycles. The number of nitrogens with one attached hydrogen (secondary N) is 2. The Hall–Kier alpha value is -3.41. The van der Waals surface area contributed by atoms with Crippen LogP contribution in [0.4, 0.5) is 35.2 Å². The molecular formula is C19H19F3N6O3. The third-order valence-corrected chi connectivity index (χ3v) is 5.20. The van der Waals surface area contributed by atoms with E-state index < -0.39 is 30.8 Å². The molecule has 4 rings (SSSR count). The third kappa shape index (κ3) is 4.10. The number of anilines is 3. The number of fused-ring (bicyclic) bond motifs is 4. The molecular weight excluding hydrogens is 417 g/mol. The molecule has 2 bridgehead atoms. The van der Waals surface area contributed by atoms with Crippen molar-refractivity contribution in [2.75, 3.05) is 34.8 Å². The average Bonchev–Trinajstić information content (AvgIpc) is 3.15. The summed E-state index contributed by atoms with van der Waals surface area (Å²) in [6.45, 7) is -0.0285. The second-order valence-electron chi connectivity index (χ2n) is 7.22. The number of hydrogen-bond acceptors (Lipinski definition) is 6. The zero-order chi connectivity index (χ0) is 22.2. The van der Waals surface area contributed by atoms with Gasteiger partial charge in [-0.15, -0.1) is 0 Å². The zero-order valence-electron chi connectivity index (χ0n) is 16.1. The van der Waals surface area contributed by atoms with Crippen LogP contribution in [0.25, 0.3) is 0 Å². The summed E-state index contributed by atoms with van der Waals surface area (Å²) in [5, 5.41) is 13.4. The summed E-state index contributed by atoms with van der Waals surface area (Å²) < 4.78 is 38.7. The highest BCUT2D eigenvalue weighted by atomic mass is 19.4. The maximum absolute atomic E-state index is 13.0. The van der Waals surface area contributed by atoms with Crippen molar-refractivity contribution in [2.45, 2.75) is 24.7 Å². The van der Waals surface area contributed by atoms with Crippen molar-refractivity contribution in [2.24, 2.45) is 0 Å². The summed E-state index contributed by atoms with van der Waals surface area (Å²) in [4.78, 5) is 37.0. The number of rotatable bonds is 4. The summed E-state index contributed by atoms with van der Waals surface area (Å²) in [6, 6.07) is 3.10. The minimum absolute atomic E-state index is 0.190. The number of halogens is 3. The summed E-state index contributed by atoms with van der Waals surface area (Å²) in [5.41, 5.74) is 0.795. The van der Waals surface area contributed by atoms with E-state index in [9.17, 15) is 22.8 Å². The van der Waals surface area contributed by atoms with E-state index in [4.69, 9.17) is 5.11 Å². The molecule has 3 amide bonds. The van der Waals surface area contributed by atoms with Gasteiger partial charge in [0.25, 0.3) is 5.91 Å². The van der Waals surface area contributed by atoms with Crippen molar-refractivity contribution in [3.05, 3.63) is 42.4 Å². The number of amides is 3. The molecule has 2 aromatic heterocycles. The largest absolute Gasteiger partial charge is 0.410 e. The summed E-state index contributed by atoms with van der Waals surface area (Å²) in [6.07, 6.45) is -1.08. The van der Waals surface area contributed by atoms with Crippen LogP contribution in [-0.2, 0) is 0 Å². The van der Waals surface area contributed by atoms with Crippen molar-refractivity contribution >= 4 is 29.1 Å². The monoisotopic (exact) mass is 436 g/mol. The lowest BCUT2D eigenvalue weighted by Gasteiger charge is -2.35. The van der Waals surface area contributed by atoms with Gasteiger partial charge < -0.3 is 20.6 Å². The molecule has 0 saturated carbocycles. The lowest BCUT2D eigenvalue weighted by atomic mass is 10.1. The maximum Gasteiger partial charge on any atom is 0.410 e. The summed E-state index contributed by atoms with van der Waals surface area (Å²) in [5.74, 6) is -0.907. The van der Waals surface area contributed by atoms with Gasteiger partial charge in [-0.1, -0.05) is 0 Å². The van der Waals surface area contributed by atoms with Gasteiger partial charge in [-0.2, -0.15) is 13.2 Å². The molecule has 0 aliphatic carbocycles. The molecule has 12 heteroatoms. The molecule has 164 valence electrons. The predicted molar refractivity (Wildman–Crippen MR) is 105 cm³/mol. The number of aliphatic hydroxyl groups is 1. The van der Waals surface area contributed by atoms with Crippen molar-refractivity contribution in [1.29, 1.82) is 0 Å². The van der Waals surface area contributed by atoms with E-state index in [0.717, 1.165) is 0 Å². The fourth-order valence-electron chi connectivity index (χ4n) is 3.68. The first-order valence-electron chi connectivity index (χ1n) is 9.52. The van der Waals surface area contributed by atoms with Crippen LogP contribution >= 0.6 is 0 Å². The van der Waals surface area contributed by atoms with E-state index in [-0.39, 0.29) is 17.6 Å². The Kier molecular flexibility index (Phi) is 5.39. The van der Waals surface area contributed by atoms with Gasteiger partial charge in [0.05, 0.1) is 30.2 Å². The van der Waals surface area contributed by atoms with Gasteiger partial charge in [0.15, 0.2) is 5.82 Å². The van der Waals surface area contributed by atoms with E-state index in [1.165, 1.54) is 17.2 Å². The number of carbonyl (C=O) groups excluding carboxylic acids is 2. The van der Waals surface area contributed by atoms with E-state index in [0.29, 0.717) is 30.9 Å². The smallest absolute Gasteiger partial charge is 0.394 e. The highest BCUT2D eigenvalue weighted by Gasteiger charge is 2.42. The molecule has 1 fully saturated rings. The molecule has 9 nitrogen and oxygen atoms in total. The van der Waals surface area contributed by atoms with E-state index in [2.05, 4.69) is 15.3 Å². The second kappa shape index (κ2) is 8.02. The van der Waals surface area contributed by atoms with E-state index in [1.54, 1.807) is 29.7 Å². The number of aromatic nitrogens is 2. The van der Waals surface area contributed by atoms with Crippen molar-refractivity contribution in [3.8, 4) is 0 Å². The highest BCUT2D eigenvalue weighted by Crippen LogP contribution is 2.39. The number of alkyl halides is 3. The molecule has 3 N–H and O–H groups in total. The second-order valence-corrected chi connectivity index (χ2v) is 7.22. The quantitative estimate of drug-likeness (QED) is 0.674. The van der Waals surface area contributed by atoms with Crippen LogP contribution in [0.15, 0.2) is 36.7 Å². The van der Waals surface area contributed by atoms with Crippen LogP contribution in [0.2, 0.25) is 0 Å². The normalized spacial score (nSPS) is 18.4. The SMILES string of the molecule is O=C(N[C@@H](CO)C(F)(F)F)c1ccc2c(n1)N(C(=O)Nc1cccnc1)C1CCN2C1. The molecule has 1 saturated heterocycles. The van der Waals surface area contributed by atoms with Crippen molar-refractivity contribution in [3.63, 3.8) is 0 Å². The Balaban J connectivity index is 1.63. The van der Waals surface area contributed by atoms with Crippen LogP contribution in [0.1, 0.15) is 16.9 Å². The molecule has 2 aromatic rings. The standard InChI is InChI=1S/C19H19F3N6O3/c20-19(21,22)15(10-29)26-17(30)13-3-4-14-16(25-13)28(12-5-7-27(14)9-12)18(31)24-11-2-1-6-23-8-11/h1-4,6,8,12,15,29H,5,7,9-10H2,(H,24,31)(H,26,30)/t12?,15-/m0/s1. The molecule has 2 aliphatic rings. The maximum atomic E-state index is 13.0. The topological polar surface area (TPSA) is 111 Å². The predicted octanol–water partition coefficient (Wildman–Crippen LogP) is 1.76. The lowest BCUT2D eigenvalue weighted by molar-refractivity contribution is -0.161. The molecule has 31 heavy (non-hydrogen) atoms. The van der Waals surface area contributed by atoms with Crippen molar-refractivity contribution in [1.82, 2.24) is 15.3 Å². The summed E-state index contributed by atoms with van der Waals surface area (Å²) >= 11 is 0. The van der Waals surface area contributed by atoms with Crippen LogP contribution in [-0.4, -0.2) is 65.0 Å². The van der Waals surface area contributed by atoms with Gasteiger partial charge in [0, 0.05) is 19.3 Å². The third-order valence-electron chi connectivity index (χ3n) is 5.20. The number of aliphatic hydroxyl groups excluding tert-OH is 1. The lowest BCUT2D eigenvalue weighted by Crippen LogP contribution is -2.49. The number of nitrogens with zero attached hydrogens (tertiary/aromatic N) is 4. The van der Waals surface area contributed by atoms with Crippen LogP contribution in [0.3, 0.4) is 0 Å². The first-order chi connectivity index (χ1) is 14.8. The van der Waals surface area contributed by atoms with E-state index >= 15 is 0 Å². The number of urea groups is 1. The molecule has 4 heterocycles. The Bertz CT molecular complexity index is 988. The molecule has 0 radical (unpaired) electrons. The van der Waals surface area contributed by atoms with Gasteiger partial charge >= 0.3 is 12.2 Å². The fraction of sp³-hybridized carbons (Fsp3) is 0.368. The average molecular weight is 436 g/mol. The molecule has 2 atom stereocenters. The van der Waals surface area contributed by atoms with Gasteiger partial charge in [0.1, 0.15) is 11.7 Å². The molecule has 0 aromatic carbocycles. The minimum Gasteiger partial charge on any atom is -0.394 e. The Labute approximate surface area is 174 Å². The Morgan fingerprint density at radius 3 is 2.77 bits per heavy atom. The van der Waals surface area contributed by atoms with Gasteiger partial charge in [-0.05, 0) is 30.7 Å². The zero-order valence-corrected chi connectivity index (χ0v) is 16.1. The minimum atomic E-state index is -4.81. The van der Waals surface area contributed by atoms with Crippen LogP contribution in [0, 0.1) is 0 Å². The highest BCUT2D eigenvalue weighted by molar-refractivity contribution is 6.05. The number of carbonyl (C=O) groups is 2. The van der Waals surface area contributed by atoms with Gasteiger partial charge in [-0.3, -0.25) is 14.7 Å².